The van der Waals surface area contributed by atoms with Crippen LogP contribution in [0.25, 0.3) is 0 Å². The summed E-state index contributed by atoms with van der Waals surface area (Å²) in [7, 11) is 0. The van der Waals surface area contributed by atoms with Crippen molar-refractivity contribution in [3.05, 3.63) is 88.1 Å². The summed E-state index contributed by atoms with van der Waals surface area (Å²) in [5.41, 5.74) is 3.00. The molecule has 0 unspecified atom stereocenters. The maximum absolute atomic E-state index is 14.2. The minimum absolute atomic E-state index is 0.0889. The van der Waals surface area contributed by atoms with Gasteiger partial charge in [0.2, 0.25) is 5.91 Å². The van der Waals surface area contributed by atoms with Gasteiger partial charge in [-0.15, -0.1) is 0 Å². The van der Waals surface area contributed by atoms with E-state index in [0.717, 1.165) is 5.69 Å². The van der Waals surface area contributed by atoms with Crippen molar-refractivity contribution in [1.29, 1.82) is 0 Å². The number of halogens is 1. The third-order valence-corrected chi connectivity index (χ3v) is 6.39. The number of ether oxygens (including phenoxy) is 1. The number of nitrogens with one attached hydrogen (secondary N) is 1. The standard InChI is InChI=1S/C26H27FN4O3S/c1-16(2)34-25(33)23-17(3)30-26-31(24(23)18-7-6-8-19(27)13-18)21(15-35-26)14-22(32)29-12-10-20-9-4-5-11-28-20/h4-9,11,13,15-16,24H,10,12,14H2,1-3H3,(H,29,32)/t24-/m0/s1. The highest BCUT2D eigenvalue weighted by Gasteiger charge is 2.41. The molecule has 35 heavy (non-hydrogen) atoms. The number of aromatic nitrogens is 1. The van der Waals surface area contributed by atoms with Gasteiger partial charge in [-0.2, -0.15) is 0 Å². The molecule has 7 nitrogen and oxygen atoms in total. The summed E-state index contributed by atoms with van der Waals surface area (Å²) < 4.78 is 19.7. The number of aliphatic imine (C=N–C) groups is 1. The zero-order valence-corrected chi connectivity index (χ0v) is 20.6. The number of carbonyl (C=O) groups is 2. The Kier molecular flexibility index (Phi) is 7.65. The lowest BCUT2D eigenvalue weighted by Crippen LogP contribution is -2.38. The highest BCUT2D eigenvalue weighted by Crippen LogP contribution is 2.45. The Hall–Kier alpha value is -3.46. The van der Waals surface area contributed by atoms with E-state index in [2.05, 4.69) is 15.3 Å². The number of rotatable bonds is 8. The number of nitrogens with zero attached hydrogens (tertiary/aromatic N) is 3. The van der Waals surface area contributed by atoms with Gasteiger partial charge in [0.15, 0.2) is 5.17 Å². The molecule has 2 aromatic rings. The number of amidine groups is 1. The normalized spacial score (nSPS) is 17.2. The van der Waals surface area contributed by atoms with Crippen LogP contribution < -0.4 is 5.32 Å². The first-order chi connectivity index (χ1) is 16.8. The van der Waals surface area contributed by atoms with Crippen LogP contribution in [0, 0.1) is 5.82 Å². The molecule has 4 rings (SSSR count). The molecule has 0 fully saturated rings. The predicted octanol–water partition coefficient (Wildman–Crippen LogP) is 4.50. The van der Waals surface area contributed by atoms with E-state index < -0.39 is 17.8 Å². The Morgan fingerprint density at radius 3 is 2.77 bits per heavy atom. The molecule has 0 aliphatic carbocycles. The lowest BCUT2D eigenvalue weighted by atomic mass is 9.93. The molecule has 0 saturated carbocycles. The minimum Gasteiger partial charge on any atom is -0.459 e. The third kappa shape index (κ3) is 5.79. The molecule has 1 aromatic carbocycles. The van der Waals surface area contributed by atoms with Crippen molar-refractivity contribution in [1.82, 2.24) is 15.2 Å². The van der Waals surface area contributed by atoms with Crippen LogP contribution >= 0.6 is 11.8 Å². The first-order valence-corrected chi connectivity index (χ1v) is 12.3. The molecule has 0 saturated heterocycles. The predicted molar refractivity (Wildman–Crippen MR) is 134 cm³/mol. The lowest BCUT2D eigenvalue weighted by molar-refractivity contribution is -0.143. The van der Waals surface area contributed by atoms with Gasteiger partial charge in [0.25, 0.3) is 0 Å². The quantitative estimate of drug-likeness (QED) is 0.544. The molecule has 0 bridgehead atoms. The van der Waals surface area contributed by atoms with Gasteiger partial charge in [-0.3, -0.25) is 9.78 Å². The van der Waals surface area contributed by atoms with Crippen LogP contribution in [0.15, 0.2) is 76.0 Å². The second-order valence-electron chi connectivity index (χ2n) is 8.50. The van der Waals surface area contributed by atoms with Gasteiger partial charge in [0, 0.05) is 30.6 Å². The molecule has 0 radical (unpaired) electrons. The molecule has 3 heterocycles. The summed E-state index contributed by atoms with van der Waals surface area (Å²) in [5.74, 6) is -1.08. The second kappa shape index (κ2) is 10.9. The van der Waals surface area contributed by atoms with E-state index in [9.17, 15) is 14.0 Å². The number of hydrogen-bond acceptors (Lipinski definition) is 7. The van der Waals surface area contributed by atoms with Crippen molar-refractivity contribution in [2.24, 2.45) is 4.99 Å². The van der Waals surface area contributed by atoms with Gasteiger partial charge >= 0.3 is 5.97 Å². The molecule has 2 aliphatic rings. The van der Waals surface area contributed by atoms with Crippen molar-refractivity contribution in [2.45, 2.75) is 45.8 Å². The largest absolute Gasteiger partial charge is 0.459 e. The molecule has 182 valence electrons. The van der Waals surface area contributed by atoms with E-state index in [0.29, 0.717) is 40.7 Å². The van der Waals surface area contributed by atoms with E-state index in [1.807, 2.05) is 28.5 Å². The Morgan fingerprint density at radius 1 is 1.23 bits per heavy atom. The summed E-state index contributed by atoms with van der Waals surface area (Å²) in [6.07, 6.45) is 2.11. The summed E-state index contributed by atoms with van der Waals surface area (Å²) in [6.45, 7) is 5.75. The highest BCUT2D eigenvalue weighted by atomic mass is 32.2. The number of allylic oxidation sites excluding steroid dienone is 1. The van der Waals surface area contributed by atoms with E-state index in [1.54, 1.807) is 39.1 Å². The summed E-state index contributed by atoms with van der Waals surface area (Å²) in [6, 6.07) is 11.1. The van der Waals surface area contributed by atoms with Crippen molar-refractivity contribution >= 4 is 28.8 Å². The van der Waals surface area contributed by atoms with Gasteiger partial charge in [0.1, 0.15) is 5.82 Å². The van der Waals surface area contributed by atoms with Crippen molar-refractivity contribution in [3.8, 4) is 0 Å². The molecule has 1 amide bonds. The molecule has 0 spiro atoms. The summed E-state index contributed by atoms with van der Waals surface area (Å²) in [5, 5.41) is 5.42. The van der Waals surface area contributed by atoms with Gasteiger partial charge < -0.3 is 15.0 Å². The van der Waals surface area contributed by atoms with Crippen LogP contribution in [0.2, 0.25) is 0 Å². The third-order valence-electron chi connectivity index (χ3n) is 5.50. The first kappa shape index (κ1) is 24.7. The Labute approximate surface area is 208 Å². The number of pyridine rings is 1. The van der Waals surface area contributed by atoms with Crippen LogP contribution in [-0.2, 0) is 20.7 Å². The summed E-state index contributed by atoms with van der Waals surface area (Å²) >= 11 is 1.37. The average molecular weight is 495 g/mol. The highest BCUT2D eigenvalue weighted by molar-refractivity contribution is 8.16. The van der Waals surface area contributed by atoms with Crippen LogP contribution in [0.3, 0.4) is 0 Å². The fourth-order valence-electron chi connectivity index (χ4n) is 4.00. The van der Waals surface area contributed by atoms with Crippen LogP contribution in [0.5, 0.6) is 0 Å². The Balaban J connectivity index is 1.56. The lowest BCUT2D eigenvalue weighted by Gasteiger charge is -2.36. The smallest absolute Gasteiger partial charge is 0.338 e. The molecule has 1 N–H and O–H groups in total. The zero-order chi connectivity index (χ0) is 24.9. The number of carbonyl (C=O) groups excluding carboxylic acids is 2. The molecule has 9 heteroatoms. The van der Waals surface area contributed by atoms with E-state index >= 15 is 0 Å². The Morgan fingerprint density at radius 2 is 2.06 bits per heavy atom. The molecular formula is C26H27FN4O3S. The number of fused-ring (bicyclic) bond motifs is 1. The fraction of sp³-hybridized carbons (Fsp3) is 0.308. The molecule has 1 aromatic heterocycles. The van der Waals surface area contributed by atoms with Gasteiger partial charge in [-0.25, -0.2) is 14.2 Å². The first-order valence-electron chi connectivity index (χ1n) is 11.4. The van der Waals surface area contributed by atoms with Crippen LogP contribution in [0.1, 0.15) is 44.5 Å². The van der Waals surface area contributed by atoms with Crippen LogP contribution in [0.4, 0.5) is 4.39 Å². The fourth-order valence-corrected chi connectivity index (χ4v) is 4.97. The number of esters is 1. The van der Waals surface area contributed by atoms with Gasteiger partial charge in [-0.1, -0.05) is 30.0 Å². The number of hydrogen-bond donors (Lipinski definition) is 1. The zero-order valence-electron chi connectivity index (χ0n) is 19.8. The van der Waals surface area contributed by atoms with E-state index in [1.165, 1.54) is 23.9 Å². The number of amides is 1. The van der Waals surface area contributed by atoms with Crippen molar-refractivity contribution in [3.63, 3.8) is 0 Å². The maximum Gasteiger partial charge on any atom is 0.338 e. The maximum atomic E-state index is 14.2. The average Bonchev–Trinajstić information content (AvgIpc) is 3.20. The van der Waals surface area contributed by atoms with Gasteiger partial charge in [0.05, 0.1) is 29.8 Å². The summed E-state index contributed by atoms with van der Waals surface area (Å²) in [4.78, 5) is 36.6. The van der Waals surface area contributed by atoms with Crippen molar-refractivity contribution < 1.29 is 18.7 Å². The molecular weight excluding hydrogens is 467 g/mol. The van der Waals surface area contributed by atoms with Crippen molar-refractivity contribution in [2.75, 3.05) is 6.54 Å². The SMILES string of the molecule is CC1=C(C(=O)OC(C)C)[C@H](c2cccc(F)c2)N2C(CC(=O)NCCc3ccccn3)=CSC2=N1. The van der Waals surface area contributed by atoms with Crippen LogP contribution in [-0.4, -0.2) is 39.6 Å². The molecule has 2 aliphatic heterocycles. The molecule has 1 atom stereocenters. The second-order valence-corrected chi connectivity index (χ2v) is 9.34. The van der Waals surface area contributed by atoms with E-state index in [4.69, 9.17) is 4.74 Å². The number of benzene rings is 1. The minimum atomic E-state index is -0.660. The Bertz CT molecular complexity index is 1210. The topological polar surface area (TPSA) is 83.9 Å². The van der Waals surface area contributed by atoms with Gasteiger partial charge in [-0.05, 0) is 56.0 Å². The monoisotopic (exact) mass is 494 g/mol. The van der Waals surface area contributed by atoms with E-state index in [-0.39, 0.29) is 18.4 Å². The number of thioether (sulfide) groups is 1.